The van der Waals surface area contributed by atoms with Gasteiger partial charge in [0.25, 0.3) is 0 Å². The molecule has 0 atom stereocenters. The number of hydrogen-bond acceptors (Lipinski definition) is 5. The minimum atomic E-state index is 0.580. The summed E-state index contributed by atoms with van der Waals surface area (Å²) in [6, 6.07) is 8.96. The lowest BCUT2D eigenvalue weighted by molar-refractivity contribution is 0.00729. The number of nitrogens with zero attached hydrogens (tertiary/aromatic N) is 5. The van der Waals surface area contributed by atoms with Gasteiger partial charge in [0, 0.05) is 38.4 Å². The third kappa shape index (κ3) is 4.21. The second kappa shape index (κ2) is 8.48. The molecule has 2 aliphatic rings. The van der Waals surface area contributed by atoms with Crippen LogP contribution in [-0.4, -0.2) is 42.7 Å². The molecule has 0 aromatic heterocycles. The summed E-state index contributed by atoms with van der Waals surface area (Å²) in [7, 11) is 2.15. The number of azo groups is 1. The third-order valence-electron chi connectivity index (χ3n) is 5.31. The summed E-state index contributed by atoms with van der Waals surface area (Å²) in [4.78, 5) is 2.33. The van der Waals surface area contributed by atoms with Crippen molar-refractivity contribution in [2.45, 2.75) is 52.0 Å². The molecule has 1 aromatic rings. The minimum Gasteiger partial charge on any atom is -0.372 e. The average Bonchev–Trinajstić information content (AvgIpc) is 3.03. The highest BCUT2D eigenvalue weighted by Crippen LogP contribution is 2.30. The fourth-order valence-corrected chi connectivity index (χ4v) is 3.88. The van der Waals surface area contributed by atoms with Crippen molar-refractivity contribution in [2.24, 2.45) is 10.2 Å². The van der Waals surface area contributed by atoms with Crippen molar-refractivity contribution in [3.8, 4) is 0 Å². The minimum absolute atomic E-state index is 0.580. The lowest BCUT2D eigenvalue weighted by Gasteiger charge is -2.37. The van der Waals surface area contributed by atoms with E-state index >= 15 is 0 Å². The molecule has 136 valence electrons. The van der Waals surface area contributed by atoms with E-state index in [1.54, 1.807) is 0 Å². The molecule has 0 radical (unpaired) electrons. The first-order valence-corrected chi connectivity index (χ1v) is 9.70. The van der Waals surface area contributed by atoms with Gasteiger partial charge in [0.2, 0.25) is 0 Å². The Labute approximate surface area is 152 Å². The van der Waals surface area contributed by atoms with Gasteiger partial charge in [0.15, 0.2) is 5.82 Å². The predicted molar refractivity (Wildman–Crippen MR) is 104 cm³/mol. The first-order valence-electron chi connectivity index (χ1n) is 9.70. The van der Waals surface area contributed by atoms with E-state index in [9.17, 15) is 0 Å². The second-order valence-corrected chi connectivity index (χ2v) is 6.93. The van der Waals surface area contributed by atoms with E-state index in [1.165, 1.54) is 37.8 Å². The zero-order valence-corrected chi connectivity index (χ0v) is 15.9. The lowest BCUT2D eigenvalue weighted by atomic mass is 9.95. The maximum absolute atomic E-state index is 4.57. The summed E-state index contributed by atoms with van der Waals surface area (Å²) in [5, 5.41) is 13.7. The summed E-state index contributed by atoms with van der Waals surface area (Å²) in [6.07, 6.45) is 8.72. The van der Waals surface area contributed by atoms with Gasteiger partial charge in [-0.15, -0.1) is 10.2 Å². The molecule has 1 fully saturated rings. The lowest BCUT2D eigenvalue weighted by Crippen LogP contribution is -2.42. The molecule has 0 amide bonds. The van der Waals surface area contributed by atoms with Crippen molar-refractivity contribution < 1.29 is 0 Å². The van der Waals surface area contributed by atoms with Crippen molar-refractivity contribution in [2.75, 3.05) is 31.6 Å². The molecule has 0 bridgehead atoms. The zero-order valence-electron chi connectivity index (χ0n) is 15.9. The average molecular weight is 342 g/mol. The van der Waals surface area contributed by atoms with E-state index < -0.39 is 0 Å². The summed E-state index contributed by atoms with van der Waals surface area (Å²) >= 11 is 0. The SMILES string of the molecule is CCN(CC)c1ccc(N=NC2=CCN(C)N2C2CCCCC2)cc1. The molecule has 5 nitrogen and oxygen atoms in total. The number of rotatable bonds is 6. The van der Waals surface area contributed by atoms with Crippen LogP contribution in [0.15, 0.2) is 46.4 Å². The van der Waals surface area contributed by atoms with Crippen molar-refractivity contribution in [1.29, 1.82) is 0 Å². The molecule has 25 heavy (non-hydrogen) atoms. The van der Waals surface area contributed by atoms with E-state index in [0.717, 1.165) is 31.1 Å². The fraction of sp³-hybridized carbons (Fsp3) is 0.600. The van der Waals surface area contributed by atoms with Crippen molar-refractivity contribution >= 4 is 11.4 Å². The van der Waals surface area contributed by atoms with Crippen LogP contribution in [-0.2, 0) is 0 Å². The normalized spacial score (nSPS) is 19.6. The van der Waals surface area contributed by atoms with Crippen LogP contribution in [0.5, 0.6) is 0 Å². The Morgan fingerprint density at radius 2 is 1.68 bits per heavy atom. The maximum Gasteiger partial charge on any atom is 0.163 e. The van der Waals surface area contributed by atoms with Gasteiger partial charge in [-0.25, -0.2) is 5.01 Å². The first-order chi connectivity index (χ1) is 12.2. The Morgan fingerprint density at radius 1 is 1.00 bits per heavy atom. The standard InChI is InChI=1S/C20H31N5/c1-4-24(5-2)18-13-11-17(12-14-18)21-22-20-15-16-23(3)25(20)19-9-7-6-8-10-19/h11-15,19H,4-10,16H2,1-3H3. The van der Waals surface area contributed by atoms with Gasteiger partial charge in [0.1, 0.15) is 0 Å². The van der Waals surface area contributed by atoms with Crippen LogP contribution in [0.4, 0.5) is 11.4 Å². The number of hydrogen-bond donors (Lipinski definition) is 0. The van der Waals surface area contributed by atoms with Crippen LogP contribution in [0.3, 0.4) is 0 Å². The van der Waals surface area contributed by atoms with Gasteiger partial charge in [-0.3, -0.25) is 5.01 Å². The van der Waals surface area contributed by atoms with Crippen molar-refractivity contribution in [3.05, 3.63) is 36.2 Å². The maximum atomic E-state index is 4.57. The van der Waals surface area contributed by atoms with E-state index in [2.05, 4.69) is 76.4 Å². The largest absolute Gasteiger partial charge is 0.372 e. The summed E-state index contributed by atoms with van der Waals surface area (Å²) < 4.78 is 0. The highest BCUT2D eigenvalue weighted by Gasteiger charge is 2.29. The van der Waals surface area contributed by atoms with Gasteiger partial charge in [-0.1, -0.05) is 19.3 Å². The Kier molecular flexibility index (Phi) is 6.08. The molecule has 3 rings (SSSR count). The van der Waals surface area contributed by atoms with Crippen LogP contribution < -0.4 is 4.90 Å². The van der Waals surface area contributed by atoms with E-state index in [1.807, 2.05) is 0 Å². The monoisotopic (exact) mass is 341 g/mol. The van der Waals surface area contributed by atoms with Crippen LogP contribution in [0.1, 0.15) is 46.0 Å². The molecule has 0 N–H and O–H groups in total. The van der Waals surface area contributed by atoms with Crippen LogP contribution in [0.2, 0.25) is 0 Å². The fourth-order valence-electron chi connectivity index (χ4n) is 3.88. The second-order valence-electron chi connectivity index (χ2n) is 6.93. The predicted octanol–water partition coefficient (Wildman–Crippen LogP) is 4.95. The molecule has 1 aliphatic heterocycles. The number of hydrazine groups is 1. The number of benzene rings is 1. The molecule has 1 aromatic carbocycles. The Bertz CT molecular complexity index is 597. The molecule has 0 spiro atoms. The highest BCUT2D eigenvalue weighted by atomic mass is 15.7. The molecule has 5 heteroatoms. The summed E-state index contributed by atoms with van der Waals surface area (Å²) in [6.45, 7) is 7.33. The van der Waals surface area contributed by atoms with Gasteiger partial charge >= 0.3 is 0 Å². The van der Waals surface area contributed by atoms with Gasteiger partial charge < -0.3 is 4.90 Å². The molecule has 0 saturated heterocycles. The van der Waals surface area contributed by atoms with Crippen LogP contribution in [0.25, 0.3) is 0 Å². The van der Waals surface area contributed by atoms with Gasteiger partial charge in [0.05, 0.1) is 5.69 Å². The third-order valence-corrected chi connectivity index (χ3v) is 5.31. The van der Waals surface area contributed by atoms with E-state index in [-0.39, 0.29) is 0 Å². The molecule has 1 aliphatic carbocycles. The first kappa shape index (κ1) is 17.9. The van der Waals surface area contributed by atoms with Gasteiger partial charge in [-0.2, -0.15) is 0 Å². The van der Waals surface area contributed by atoms with Gasteiger partial charge in [-0.05, 0) is 57.0 Å². The highest BCUT2D eigenvalue weighted by molar-refractivity contribution is 5.52. The number of likely N-dealkylation sites (N-methyl/N-ethyl adjacent to an activating group) is 1. The quantitative estimate of drug-likeness (QED) is 0.686. The number of anilines is 1. The Hall–Kier alpha value is -1.88. The molecule has 0 unspecified atom stereocenters. The van der Waals surface area contributed by atoms with Crippen molar-refractivity contribution in [1.82, 2.24) is 10.0 Å². The smallest absolute Gasteiger partial charge is 0.163 e. The molecule has 1 saturated carbocycles. The summed E-state index contributed by atoms with van der Waals surface area (Å²) in [5.74, 6) is 1.00. The van der Waals surface area contributed by atoms with E-state index in [4.69, 9.17) is 0 Å². The Morgan fingerprint density at radius 3 is 2.32 bits per heavy atom. The van der Waals surface area contributed by atoms with Crippen LogP contribution in [0, 0.1) is 0 Å². The molecule has 1 heterocycles. The molecular weight excluding hydrogens is 310 g/mol. The molecular formula is C20H31N5. The Balaban J connectivity index is 1.68. The summed E-state index contributed by atoms with van der Waals surface area (Å²) in [5.41, 5.74) is 2.16. The topological polar surface area (TPSA) is 34.4 Å². The zero-order chi connectivity index (χ0) is 17.6. The van der Waals surface area contributed by atoms with E-state index in [0.29, 0.717) is 6.04 Å². The van der Waals surface area contributed by atoms with Crippen molar-refractivity contribution in [3.63, 3.8) is 0 Å². The van der Waals surface area contributed by atoms with Crippen LogP contribution >= 0.6 is 0 Å².